The molecule has 0 aromatic heterocycles. The number of hydrogen-bond donors (Lipinski definition) is 2. The van der Waals surface area contributed by atoms with E-state index in [2.05, 4.69) is 0 Å². The van der Waals surface area contributed by atoms with Crippen molar-refractivity contribution in [2.24, 2.45) is 0 Å². The lowest BCUT2D eigenvalue weighted by Crippen LogP contribution is -2.33. The van der Waals surface area contributed by atoms with Crippen LogP contribution in [-0.2, 0) is 4.65 Å². The Morgan fingerprint density at radius 1 is 1.65 bits per heavy atom. The van der Waals surface area contributed by atoms with Crippen LogP contribution in [0.2, 0.25) is 6.32 Å². The molecule has 2 rings (SSSR count). The first-order valence-corrected chi connectivity index (χ1v) is 5.34. The molecule has 0 amide bonds. The highest BCUT2D eigenvalue weighted by Gasteiger charge is 2.35. The van der Waals surface area contributed by atoms with Crippen molar-refractivity contribution in [3.63, 3.8) is 0 Å². The smallest absolute Gasteiger partial charge is 0.525 e. The minimum Gasteiger partial charge on any atom is -0.535 e. The van der Waals surface area contributed by atoms with E-state index in [-0.39, 0.29) is 18.1 Å². The normalized spacial score (nSPS) is 18.5. The largest absolute Gasteiger partial charge is 0.535 e. The van der Waals surface area contributed by atoms with Gasteiger partial charge in [-0.3, -0.25) is 0 Å². The summed E-state index contributed by atoms with van der Waals surface area (Å²) < 4.78 is 10.6. The van der Waals surface area contributed by atoms with Crippen molar-refractivity contribution in [3.8, 4) is 5.75 Å². The average molecular weight is 236 g/mol. The number of benzene rings is 1. The SMILES string of the molecule is COB1CC(CO)c2cccc(C(=O)O)c2O1. The van der Waals surface area contributed by atoms with Crippen LogP contribution in [0.3, 0.4) is 0 Å². The van der Waals surface area contributed by atoms with Crippen molar-refractivity contribution in [3.05, 3.63) is 29.3 Å². The van der Waals surface area contributed by atoms with Crippen LogP contribution in [0.1, 0.15) is 21.8 Å². The first-order chi connectivity index (χ1) is 8.17. The third-order valence-corrected chi connectivity index (χ3v) is 2.93. The van der Waals surface area contributed by atoms with Gasteiger partial charge < -0.3 is 19.5 Å². The third kappa shape index (κ3) is 2.14. The molecule has 1 heterocycles. The van der Waals surface area contributed by atoms with Crippen LogP contribution in [0.15, 0.2) is 18.2 Å². The summed E-state index contributed by atoms with van der Waals surface area (Å²) in [5, 5.41) is 18.4. The molecule has 1 aromatic rings. The summed E-state index contributed by atoms with van der Waals surface area (Å²) in [6.07, 6.45) is 0.517. The van der Waals surface area contributed by atoms with Crippen LogP contribution < -0.4 is 4.65 Å². The van der Waals surface area contributed by atoms with Crippen LogP contribution in [0.4, 0.5) is 0 Å². The molecule has 1 aliphatic rings. The molecule has 17 heavy (non-hydrogen) atoms. The number of aliphatic hydroxyl groups excluding tert-OH is 1. The summed E-state index contributed by atoms with van der Waals surface area (Å²) in [5.74, 6) is -0.893. The number of carbonyl (C=O) groups is 1. The van der Waals surface area contributed by atoms with Crippen LogP contribution in [0.25, 0.3) is 0 Å². The number of fused-ring (bicyclic) bond motifs is 1. The van der Waals surface area contributed by atoms with E-state index in [1.165, 1.54) is 13.2 Å². The lowest BCUT2D eigenvalue weighted by molar-refractivity contribution is 0.0693. The van der Waals surface area contributed by atoms with E-state index in [9.17, 15) is 9.90 Å². The van der Waals surface area contributed by atoms with Gasteiger partial charge in [0.05, 0.1) is 5.56 Å². The zero-order chi connectivity index (χ0) is 12.4. The lowest BCUT2D eigenvalue weighted by Gasteiger charge is -2.28. The van der Waals surface area contributed by atoms with Gasteiger partial charge in [0.25, 0.3) is 0 Å². The molecule has 90 valence electrons. The molecule has 0 saturated heterocycles. The van der Waals surface area contributed by atoms with Crippen molar-refractivity contribution in [2.75, 3.05) is 13.7 Å². The number of rotatable bonds is 3. The standard InChI is InChI=1S/C11H13BO5/c1-16-12-5-7(6-13)8-3-2-4-9(11(14)15)10(8)17-12/h2-4,7,13H,5-6H2,1H3,(H,14,15). The quantitative estimate of drug-likeness (QED) is 0.765. The minimum atomic E-state index is -1.05. The first kappa shape index (κ1) is 11.9. The molecule has 1 aromatic carbocycles. The molecule has 0 aliphatic carbocycles. The van der Waals surface area contributed by atoms with E-state index in [0.29, 0.717) is 12.1 Å². The van der Waals surface area contributed by atoms with Gasteiger partial charge >= 0.3 is 13.1 Å². The maximum Gasteiger partial charge on any atom is 0.525 e. The molecule has 1 aliphatic heterocycles. The second kappa shape index (κ2) is 4.77. The highest BCUT2D eigenvalue weighted by molar-refractivity contribution is 6.46. The van der Waals surface area contributed by atoms with Crippen molar-refractivity contribution >= 4 is 13.1 Å². The van der Waals surface area contributed by atoms with Gasteiger partial charge in [-0.1, -0.05) is 12.1 Å². The van der Waals surface area contributed by atoms with Gasteiger partial charge in [0.15, 0.2) is 0 Å². The van der Waals surface area contributed by atoms with Crippen LogP contribution >= 0.6 is 0 Å². The highest BCUT2D eigenvalue weighted by atomic mass is 16.6. The molecule has 6 heteroatoms. The predicted molar refractivity (Wildman–Crippen MR) is 61.4 cm³/mol. The Morgan fingerprint density at radius 2 is 2.41 bits per heavy atom. The second-order valence-electron chi connectivity index (χ2n) is 3.93. The number of aromatic carboxylic acids is 1. The summed E-state index contributed by atoms with van der Waals surface area (Å²) in [4.78, 5) is 11.1. The molecule has 0 radical (unpaired) electrons. The summed E-state index contributed by atoms with van der Waals surface area (Å²) in [5.41, 5.74) is 0.823. The Balaban J connectivity index is 2.48. The molecule has 0 fully saturated rings. The fourth-order valence-electron chi connectivity index (χ4n) is 2.03. The first-order valence-electron chi connectivity index (χ1n) is 5.34. The Kier molecular flexibility index (Phi) is 3.35. The van der Waals surface area contributed by atoms with Crippen molar-refractivity contribution in [1.82, 2.24) is 0 Å². The molecule has 0 saturated carbocycles. The van der Waals surface area contributed by atoms with Crippen LogP contribution in [-0.4, -0.2) is 37.0 Å². The lowest BCUT2D eigenvalue weighted by atomic mass is 9.71. The fourth-order valence-corrected chi connectivity index (χ4v) is 2.03. The molecule has 1 atom stereocenters. The fraction of sp³-hybridized carbons (Fsp3) is 0.364. The summed E-state index contributed by atoms with van der Waals surface area (Å²) in [6, 6.07) is 4.91. The Bertz CT molecular complexity index is 434. The van der Waals surface area contributed by atoms with E-state index in [1.807, 2.05) is 0 Å². The average Bonchev–Trinajstić information content (AvgIpc) is 2.36. The van der Waals surface area contributed by atoms with E-state index in [1.54, 1.807) is 12.1 Å². The number of aliphatic hydroxyl groups is 1. The number of carboxylic acid groups (broad SMARTS) is 1. The number of para-hydroxylation sites is 1. The van der Waals surface area contributed by atoms with Crippen LogP contribution in [0.5, 0.6) is 5.75 Å². The van der Waals surface area contributed by atoms with Crippen molar-refractivity contribution in [1.29, 1.82) is 0 Å². The Labute approximate surface area is 99.1 Å². The maximum atomic E-state index is 11.1. The maximum absolute atomic E-state index is 11.1. The van der Waals surface area contributed by atoms with Crippen LogP contribution in [0, 0.1) is 0 Å². The highest BCUT2D eigenvalue weighted by Crippen LogP contribution is 2.38. The molecule has 0 bridgehead atoms. The van der Waals surface area contributed by atoms with Crippen molar-refractivity contribution < 1.29 is 24.3 Å². The molecule has 2 N–H and O–H groups in total. The number of carboxylic acids is 1. The van der Waals surface area contributed by atoms with Gasteiger partial charge in [0.2, 0.25) is 0 Å². The van der Waals surface area contributed by atoms with Gasteiger partial charge in [-0.15, -0.1) is 0 Å². The predicted octanol–water partition coefficient (Wildman–Crippen LogP) is 0.988. The van der Waals surface area contributed by atoms with Gasteiger partial charge in [-0.05, 0) is 11.6 Å². The molecule has 1 unspecified atom stereocenters. The summed E-state index contributed by atoms with van der Waals surface area (Å²) >= 11 is 0. The Morgan fingerprint density at radius 3 is 3.00 bits per heavy atom. The zero-order valence-corrected chi connectivity index (χ0v) is 9.42. The Hall–Kier alpha value is -1.53. The zero-order valence-electron chi connectivity index (χ0n) is 9.42. The molecule has 5 nitrogen and oxygen atoms in total. The van der Waals surface area contributed by atoms with E-state index >= 15 is 0 Å². The molecular weight excluding hydrogens is 223 g/mol. The summed E-state index contributed by atoms with van der Waals surface area (Å²) in [6.45, 7) is -0.0563. The number of hydrogen-bond acceptors (Lipinski definition) is 4. The van der Waals surface area contributed by atoms with Gasteiger partial charge in [-0.2, -0.15) is 0 Å². The van der Waals surface area contributed by atoms with E-state index in [4.69, 9.17) is 14.4 Å². The van der Waals surface area contributed by atoms with Gasteiger partial charge in [0.1, 0.15) is 5.75 Å². The second-order valence-corrected chi connectivity index (χ2v) is 3.93. The topological polar surface area (TPSA) is 76.0 Å². The monoisotopic (exact) mass is 236 g/mol. The molecular formula is C11H13BO5. The van der Waals surface area contributed by atoms with E-state index < -0.39 is 13.1 Å². The molecule has 0 spiro atoms. The van der Waals surface area contributed by atoms with Gasteiger partial charge in [-0.25, -0.2) is 4.79 Å². The third-order valence-electron chi connectivity index (χ3n) is 2.93. The minimum absolute atomic E-state index is 0.0563. The summed E-state index contributed by atoms with van der Waals surface area (Å²) in [7, 11) is 0.980. The van der Waals surface area contributed by atoms with Crippen molar-refractivity contribution in [2.45, 2.75) is 12.2 Å². The van der Waals surface area contributed by atoms with Gasteiger partial charge in [0, 0.05) is 26.0 Å². The van der Waals surface area contributed by atoms with E-state index in [0.717, 1.165) is 5.56 Å².